The molecule has 0 heterocycles. The largest absolute Gasteiger partial charge is 0.497 e. The van der Waals surface area contributed by atoms with Crippen molar-refractivity contribution in [1.29, 1.82) is 0 Å². The van der Waals surface area contributed by atoms with Gasteiger partial charge >= 0.3 is 0 Å². The number of carbonyl (C=O) groups is 2. The van der Waals surface area contributed by atoms with Crippen LogP contribution in [0.5, 0.6) is 11.5 Å². The lowest BCUT2D eigenvalue weighted by molar-refractivity contribution is -0.127. The standard InChI is InChI=1S/C22H27ClN2O4/c1-14(2)18-10-19(23)15(3)9-20(18)29-13-22(27)25-12-21(26)24-11-16-5-7-17(28-4)8-6-16/h5-10,14H,11-13H2,1-4H3,(H,24,26)(H,25,27). The minimum Gasteiger partial charge on any atom is -0.497 e. The first-order valence-electron chi connectivity index (χ1n) is 9.39. The predicted molar refractivity (Wildman–Crippen MR) is 114 cm³/mol. The van der Waals surface area contributed by atoms with Crippen LogP contribution in [0.2, 0.25) is 5.02 Å². The minimum absolute atomic E-state index is 0.116. The second-order valence-electron chi connectivity index (χ2n) is 6.98. The van der Waals surface area contributed by atoms with Crippen molar-refractivity contribution in [3.05, 3.63) is 58.1 Å². The molecule has 0 aliphatic heterocycles. The molecule has 2 N–H and O–H groups in total. The third kappa shape index (κ3) is 6.98. The number of amides is 2. The van der Waals surface area contributed by atoms with Gasteiger partial charge in [0.05, 0.1) is 13.7 Å². The molecule has 0 bridgehead atoms. The Hall–Kier alpha value is -2.73. The van der Waals surface area contributed by atoms with Gasteiger partial charge in [-0.05, 0) is 53.8 Å². The molecule has 0 saturated carbocycles. The zero-order valence-corrected chi connectivity index (χ0v) is 17.9. The molecule has 29 heavy (non-hydrogen) atoms. The lowest BCUT2D eigenvalue weighted by Gasteiger charge is -2.16. The monoisotopic (exact) mass is 418 g/mol. The van der Waals surface area contributed by atoms with Crippen LogP contribution >= 0.6 is 11.6 Å². The summed E-state index contributed by atoms with van der Waals surface area (Å²) in [5.41, 5.74) is 2.75. The quantitative estimate of drug-likeness (QED) is 0.652. The zero-order valence-electron chi connectivity index (χ0n) is 17.2. The highest BCUT2D eigenvalue weighted by molar-refractivity contribution is 6.31. The molecule has 7 heteroatoms. The van der Waals surface area contributed by atoms with Gasteiger partial charge in [0.15, 0.2) is 6.61 Å². The number of aryl methyl sites for hydroxylation is 1. The molecule has 2 amide bonds. The summed E-state index contributed by atoms with van der Waals surface area (Å²) in [4.78, 5) is 24.0. The molecule has 2 aromatic carbocycles. The average Bonchev–Trinajstić information content (AvgIpc) is 2.71. The molecule has 0 atom stereocenters. The molecule has 0 fully saturated rings. The lowest BCUT2D eigenvalue weighted by Crippen LogP contribution is -2.38. The molecule has 0 aromatic heterocycles. The fourth-order valence-electron chi connectivity index (χ4n) is 2.63. The molecule has 6 nitrogen and oxygen atoms in total. The summed E-state index contributed by atoms with van der Waals surface area (Å²) in [6, 6.07) is 11.1. The van der Waals surface area contributed by atoms with Crippen LogP contribution in [0.1, 0.15) is 36.5 Å². The van der Waals surface area contributed by atoms with Gasteiger partial charge in [-0.15, -0.1) is 0 Å². The van der Waals surface area contributed by atoms with Crippen LogP contribution in [0.15, 0.2) is 36.4 Å². The first-order valence-corrected chi connectivity index (χ1v) is 9.77. The molecule has 2 rings (SSSR count). The van der Waals surface area contributed by atoms with E-state index in [4.69, 9.17) is 21.1 Å². The highest BCUT2D eigenvalue weighted by Gasteiger charge is 2.13. The number of carbonyl (C=O) groups excluding carboxylic acids is 2. The van der Waals surface area contributed by atoms with Crippen molar-refractivity contribution in [3.8, 4) is 11.5 Å². The lowest BCUT2D eigenvalue weighted by atomic mass is 10.0. The molecule has 0 radical (unpaired) electrons. The number of nitrogens with one attached hydrogen (secondary N) is 2. The van der Waals surface area contributed by atoms with Crippen LogP contribution < -0.4 is 20.1 Å². The van der Waals surface area contributed by atoms with Crippen molar-refractivity contribution >= 4 is 23.4 Å². The van der Waals surface area contributed by atoms with E-state index >= 15 is 0 Å². The second-order valence-corrected chi connectivity index (χ2v) is 7.39. The van der Waals surface area contributed by atoms with E-state index in [0.717, 1.165) is 22.4 Å². The fourth-order valence-corrected chi connectivity index (χ4v) is 2.80. The second kappa shape index (κ2) is 10.7. The number of hydrogen-bond donors (Lipinski definition) is 2. The van der Waals surface area contributed by atoms with Crippen molar-refractivity contribution in [1.82, 2.24) is 10.6 Å². The molecule has 0 aliphatic carbocycles. The van der Waals surface area contributed by atoms with Crippen molar-refractivity contribution in [2.75, 3.05) is 20.3 Å². The third-order valence-corrected chi connectivity index (χ3v) is 4.77. The minimum atomic E-state index is -0.369. The maximum atomic E-state index is 12.0. The fraction of sp³-hybridized carbons (Fsp3) is 0.364. The summed E-state index contributed by atoms with van der Waals surface area (Å²) in [6.45, 7) is 6.02. The van der Waals surface area contributed by atoms with Gasteiger partial charge in [0.2, 0.25) is 5.91 Å². The van der Waals surface area contributed by atoms with Gasteiger partial charge in [-0.25, -0.2) is 0 Å². The van der Waals surface area contributed by atoms with Gasteiger partial charge in [0.25, 0.3) is 5.91 Å². The zero-order chi connectivity index (χ0) is 21.4. The number of hydrogen-bond acceptors (Lipinski definition) is 4. The molecular formula is C22H27ClN2O4. The molecular weight excluding hydrogens is 392 g/mol. The van der Waals surface area contributed by atoms with Gasteiger partial charge < -0.3 is 20.1 Å². The van der Waals surface area contributed by atoms with Crippen molar-refractivity contribution in [2.45, 2.75) is 33.2 Å². The Morgan fingerprint density at radius 1 is 1.07 bits per heavy atom. The topological polar surface area (TPSA) is 76.7 Å². The van der Waals surface area contributed by atoms with Crippen LogP contribution in [0, 0.1) is 6.92 Å². The summed E-state index contributed by atoms with van der Waals surface area (Å²) in [7, 11) is 1.60. The van der Waals surface area contributed by atoms with Gasteiger partial charge in [-0.2, -0.15) is 0 Å². The molecule has 156 valence electrons. The summed E-state index contributed by atoms with van der Waals surface area (Å²) < 4.78 is 10.8. The first-order chi connectivity index (χ1) is 13.8. The number of methoxy groups -OCH3 is 1. The van der Waals surface area contributed by atoms with E-state index in [-0.39, 0.29) is 30.9 Å². The van der Waals surface area contributed by atoms with Crippen molar-refractivity contribution < 1.29 is 19.1 Å². The summed E-state index contributed by atoms with van der Waals surface area (Å²) in [5, 5.41) is 5.98. The number of halogens is 1. The van der Waals surface area contributed by atoms with E-state index in [2.05, 4.69) is 10.6 Å². The maximum absolute atomic E-state index is 12.0. The van der Waals surface area contributed by atoms with Gasteiger partial charge in [-0.3, -0.25) is 9.59 Å². The van der Waals surface area contributed by atoms with Crippen molar-refractivity contribution in [2.24, 2.45) is 0 Å². The molecule has 0 unspecified atom stereocenters. The SMILES string of the molecule is COc1ccc(CNC(=O)CNC(=O)COc2cc(C)c(Cl)cc2C(C)C)cc1. The summed E-state index contributed by atoms with van der Waals surface area (Å²) in [5.74, 6) is 0.936. The van der Waals surface area contributed by atoms with E-state index in [1.54, 1.807) is 7.11 Å². The van der Waals surface area contributed by atoms with Crippen LogP contribution in [0.3, 0.4) is 0 Å². The Morgan fingerprint density at radius 2 is 1.76 bits per heavy atom. The highest BCUT2D eigenvalue weighted by atomic mass is 35.5. The third-order valence-electron chi connectivity index (χ3n) is 4.37. The van der Waals surface area contributed by atoms with E-state index in [1.165, 1.54) is 0 Å². The number of rotatable bonds is 9. The smallest absolute Gasteiger partial charge is 0.258 e. The van der Waals surface area contributed by atoms with Gasteiger partial charge in [0.1, 0.15) is 11.5 Å². The Balaban J connectivity index is 1.78. The molecule has 0 saturated heterocycles. The first kappa shape index (κ1) is 22.6. The normalized spacial score (nSPS) is 10.6. The van der Waals surface area contributed by atoms with E-state index in [9.17, 15) is 9.59 Å². The number of ether oxygens (including phenoxy) is 2. The molecule has 0 aliphatic rings. The van der Waals surface area contributed by atoms with Crippen LogP contribution in [0.25, 0.3) is 0 Å². The van der Waals surface area contributed by atoms with Crippen LogP contribution in [-0.2, 0) is 16.1 Å². The summed E-state index contributed by atoms with van der Waals surface area (Å²) >= 11 is 6.18. The predicted octanol–water partition coefficient (Wildman–Crippen LogP) is 3.59. The van der Waals surface area contributed by atoms with E-state index in [0.29, 0.717) is 17.3 Å². The molecule has 2 aromatic rings. The van der Waals surface area contributed by atoms with E-state index < -0.39 is 0 Å². The van der Waals surface area contributed by atoms with E-state index in [1.807, 2.05) is 57.2 Å². The van der Waals surface area contributed by atoms with Crippen LogP contribution in [0.4, 0.5) is 0 Å². The highest BCUT2D eigenvalue weighted by Crippen LogP contribution is 2.31. The Bertz CT molecular complexity index is 851. The van der Waals surface area contributed by atoms with Gasteiger partial charge in [0, 0.05) is 11.6 Å². The number of benzene rings is 2. The Kier molecular flexibility index (Phi) is 8.34. The van der Waals surface area contributed by atoms with Crippen molar-refractivity contribution in [3.63, 3.8) is 0 Å². The summed E-state index contributed by atoms with van der Waals surface area (Å²) in [6.07, 6.45) is 0. The maximum Gasteiger partial charge on any atom is 0.258 e. The van der Waals surface area contributed by atoms with Crippen LogP contribution in [-0.4, -0.2) is 32.1 Å². The average molecular weight is 419 g/mol. The molecule has 0 spiro atoms. The Morgan fingerprint density at radius 3 is 2.38 bits per heavy atom. The van der Waals surface area contributed by atoms with Gasteiger partial charge in [-0.1, -0.05) is 37.6 Å². The Labute approximate surface area is 176 Å².